The summed E-state index contributed by atoms with van der Waals surface area (Å²) in [6.45, 7) is 7.09. The molecule has 0 bridgehead atoms. The maximum atomic E-state index is 6.01. The Labute approximate surface area is 168 Å². The van der Waals surface area contributed by atoms with E-state index < -0.39 is 0 Å². The average molecular weight is 373 g/mol. The lowest BCUT2D eigenvalue weighted by molar-refractivity contribution is 0.291. The quantitative estimate of drug-likeness (QED) is 0.351. The molecule has 0 aliphatic rings. The van der Waals surface area contributed by atoms with E-state index >= 15 is 0 Å². The van der Waals surface area contributed by atoms with Crippen molar-refractivity contribution in [1.29, 1.82) is 0 Å². The number of nitrogens with zero attached hydrogens (tertiary/aromatic N) is 1. The van der Waals surface area contributed by atoms with E-state index in [1.165, 1.54) is 16.7 Å². The van der Waals surface area contributed by atoms with E-state index in [2.05, 4.69) is 104 Å². The van der Waals surface area contributed by atoms with Crippen LogP contribution in [0, 0.1) is 0 Å². The van der Waals surface area contributed by atoms with Gasteiger partial charge in [-0.15, -0.1) is 5.10 Å². The van der Waals surface area contributed by atoms with Gasteiger partial charge in [0.15, 0.2) is 0 Å². The molecule has 28 heavy (non-hydrogen) atoms. The number of hydrogen-bond donors (Lipinski definition) is 1. The molecular formula is C25H28N2O. The van der Waals surface area contributed by atoms with Crippen molar-refractivity contribution in [3.05, 3.63) is 95.6 Å². The van der Waals surface area contributed by atoms with Gasteiger partial charge in [-0.3, -0.25) is 0 Å². The number of benzene rings is 3. The van der Waals surface area contributed by atoms with Crippen LogP contribution in [0.15, 0.2) is 84.0 Å². The fourth-order valence-electron chi connectivity index (χ4n) is 2.97. The van der Waals surface area contributed by atoms with Gasteiger partial charge in [-0.1, -0.05) is 87.5 Å². The second kappa shape index (κ2) is 8.75. The first-order valence-corrected chi connectivity index (χ1v) is 9.60. The van der Waals surface area contributed by atoms with E-state index in [4.69, 9.17) is 4.74 Å². The number of hydrogen-bond acceptors (Lipinski definition) is 3. The number of ether oxygens (including phenoxy) is 1. The topological polar surface area (TPSA) is 33.6 Å². The SMILES string of the molecule is CN/N=C(\OCc1ccc(-c2ccccc2)cc1)c1ccc(C(C)(C)C)cc1. The van der Waals surface area contributed by atoms with Crippen LogP contribution in [0.25, 0.3) is 11.1 Å². The molecule has 144 valence electrons. The van der Waals surface area contributed by atoms with Crippen molar-refractivity contribution in [2.45, 2.75) is 32.8 Å². The van der Waals surface area contributed by atoms with Crippen LogP contribution in [-0.4, -0.2) is 12.9 Å². The van der Waals surface area contributed by atoms with E-state index in [9.17, 15) is 0 Å². The van der Waals surface area contributed by atoms with E-state index in [1.807, 2.05) is 6.07 Å². The molecular weight excluding hydrogens is 344 g/mol. The maximum Gasteiger partial charge on any atom is 0.238 e. The molecule has 0 spiro atoms. The summed E-state index contributed by atoms with van der Waals surface area (Å²) < 4.78 is 6.01. The minimum absolute atomic E-state index is 0.125. The average Bonchev–Trinajstić information content (AvgIpc) is 2.72. The van der Waals surface area contributed by atoms with Crippen LogP contribution in [0.1, 0.15) is 37.5 Å². The third-order valence-electron chi connectivity index (χ3n) is 4.65. The smallest absolute Gasteiger partial charge is 0.238 e. The highest BCUT2D eigenvalue weighted by molar-refractivity contribution is 5.94. The molecule has 0 atom stereocenters. The van der Waals surface area contributed by atoms with Gasteiger partial charge in [-0.25, -0.2) is 0 Å². The summed E-state index contributed by atoms with van der Waals surface area (Å²) >= 11 is 0. The molecule has 0 amide bonds. The molecule has 0 unspecified atom stereocenters. The van der Waals surface area contributed by atoms with Gasteiger partial charge >= 0.3 is 0 Å². The second-order valence-electron chi connectivity index (χ2n) is 7.82. The van der Waals surface area contributed by atoms with Gasteiger partial charge < -0.3 is 10.2 Å². The van der Waals surface area contributed by atoms with Gasteiger partial charge in [0.2, 0.25) is 5.90 Å². The van der Waals surface area contributed by atoms with E-state index in [-0.39, 0.29) is 5.41 Å². The normalized spacial score (nSPS) is 11.9. The summed E-state index contributed by atoms with van der Waals surface area (Å²) in [5.41, 5.74) is 8.74. The van der Waals surface area contributed by atoms with Gasteiger partial charge in [0.1, 0.15) is 6.61 Å². The summed E-state index contributed by atoms with van der Waals surface area (Å²) in [4.78, 5) is 0. The molecule has 3 rings (SSSR count). The van der Waals surface area contributed by atoms with Crippen molar-refractivity contribution in [3.63, 3.8) is 0 Å². The molecule has 1 N–H and O–H groups in total. The van der Waals surface area contributed by atoms with Crippen molar-refractivity contribution >= 4 is 5.90 Å². The number of hydrazone groups is 1. The van der Waals surface area contributed by atoms with Crippen molar-refractivity contribution in [2.75, 3.05) is 7.05 Å². The third kappa shape index (κ3) is 5.01. The van der Waals surface area contributed by atoms with Gasteiger partial charge in [-0.2, -0.15) is 0 Å². The predicted molar refractivity (Wildman–Crippen MR) is 117 cm³/mol. The fraction of sp³-hybridized carbons (Fsp3) is 0.240. The summed E-state index contributed by atoms with van der Waals surface area (Å²) in [6.07, 6.45) is 0. The highest BCUT2D eigenvalue weighted by Crippen LogP contribution is 2.23. The minimum Gasteiger partial charge on any atom is -0.471 e. The Morgan fingerprint density at radius 3 is 2.00 bits per heavy atom. The van der Waals surface area contributed by atoms with Crippen LogP contribution in [-0.2, 0) is 16.8 Å². The molecule has 3 heteroatoms. The van der Waals surface area contributed by atoms with E-state index in [0.29, 0.717) is 12.5 Å². The Morgan fingerprint density at radius 1 is 0.821 bits per heavy atom. The van der Waals surface area contributed by atoms with Crippen molar-refractivity contribution in [2.24, 2.45) is 5.10 Å². The molecule has 0 aliphatic carbocycles. The maximum absolute atomic E-state index is 6.01. The summed E-state index contributed by atoms with van der Waals surface area (Å²) in [6, 6.07) is 27.2. The summed E-state index contributed by atoms with van der Waals surface area (Å²) in [7, 11) is 1.78. The Bertz CT molecular complexity index is 906. The number of nitrogens with one attached hydrogen (secondary N) is 1. The Balaban J connectivity index is 1.69. The summed E-state index contributed by atoms with van der Waals surface area (Å²) in [5.74, 6) is 0.593. The Hall–Kier alpha value is -3.07. The van der Waals surface area contributed by atoms with Crippen LogP contribution in [0.5, 0.6) is 0 Å². The first-order valence-electron chi connectivity index (χ1n) is 9.60. The van der Waals surface area contributed by atoms with Crippen LogP contribution in [0.2, 0.25) is 0 Å². The molecule has 0 fully saturated rings. The molecule has 0 heterocycles. The van der Waals surface area contributed by atoms with Gasteiger partial charge in [0.25, 0.3) is 0 Å². The zero-order valence-corrected chi connectivity index (χ0v) is 17.1. The molecule has 3 nitrogen and oxygen atoms in total. The molecule has 3 aromatic carbocycles. The van der Waals surface area contributed by atoms with E-state index in [1.54, 1.807) is 7.05 Å². The second-order valence-corrected chi connectivity index (χ2v) is 7.82. The minimum atomic E-state index is 0.125. The molecule has 0 saturated heterocycles. The van der Waals surface area contributed by atoms with Crippen LogP contribution >= 0.6 is 0 Å². The van der Waals surface area contributed by atoms with Gasteiger partial charge in [-0.05, 0) is 39.8 Å². The van der Waals surface area contributed by atoms with Gasteiger partial charge in [0, 0.05) is 12.6 Å². The summed E-state index contributed by atoms with van der Waals surface area (Å²) in [5, 5.41) is 4.31. The molecule has 0 radical (unpaired) electrons. The standard InChI is InChI=1S/C25H28N2O/c1-25(2,3)23-16-14-22(15-17-23)24(27-26-4)28-18-19-10-12-21(13-11-19)20-8-6-5-7-9-20/h5-17,26H,18H2,1-4H3/b27-24-. The highest BCUT2D eigenvalue weighted by Gasteiger charge is 2.14. The van der Waals surface area contributed by atoms with Crippen LogP contribution in [0.4, 0.5) is 0 Å². The molecule has 0 aromatic heterocycles. The van der Waals surface area contributed by atoms with Crippen LogP contribution < -0.4 is 5.43 Å². The third-order valence-corrected chi connectivity index (χ3v) is 4.65. The fourth-order valence-corrected chi connectivity index (χ4v) is 2.97. The lowest BCUT2D eigenvalue weighted by Gasteiger charge is -2.19. The number of rotatable bonds is 5. The lowest BCUT2D eigenvalue weighted by Crippen LogP contribution is -2.14. The van der Waals surface area contributed by atoms with Crippen molar-refractivity contribution < 1.29 is 4.74 Å². The Kier molecular flexibility index (Phi) is 6.15. The largest absolute Gasteiger partial charge is 0.471 e. The predicted octanol–water partition coefficient (Wildman–Crippen LogP) is 5.75. The van der Waals surface area contributed by atoms with E-state index in [0.717, 1.165) is 11.1 Å². The van der Waals surface area contributed by atoms with Crippen molar-refractivity contribution in [1.82, 2.24) is 5.43 Å². The first-order chi connectivity index (χ1) is 13.5. The highest BCUT2D eigenvalue weighted by atomic mass is 16.5. The zero-order chi connectivity index (χ0) is 20.0. The lowest BCUT2D eigenvalue weighted by atomic mass is 9.87. The van der Waals surface area contributed by atoms with Crippen molar-refractivity contribution in [3.8, 4) is 11.1 Å². The molecule has 0 saturated carbocycles. The Morgan fingerprint density at radius 2 is 1.43 bits per heavy atom. The molecule has 3 aromatic rings. The molecule has 0 aliphatic heterocycles. The van der Waals surface area contributed by atoms with Gasteiger partial charge in [0.05, 0.1) is 0 Å². The zero-order valence-electron chi connectivity index (χ0n) is 17.1. The van der Waals surface area contributed by atoms with Crippen LogP contribution in [0.3, 0.4) is 0 Å². The first kappa shape index (κ1) is 19.7. The monoisotopic (exact) mass is 372 g/mol.